The second kappa shape index (κ2) is 5.01. The summed E-state index contributed by atoms with van der Waals surface area (Å²) in [6.07, 6.45) is 0. The highest BCUT2D eigenvalue weighted by Gasteiger charge is 2.13. The Morgan fingerprint density at radius 2 is 1.45 bits per heavy atom. The molecule has 0 saturated carbocycles. The molecule has 0 saturated heterocycles. The van der Waals surface area contributed by atoms with Gasteiger partial charge in [0.25, 0.3) is 5.69 Å². The van der Waals surface area contributed by atoms with Gasteiger partial charge in [-0.1, -0.05) is 36.4 Å². The van der Waals surface area contributed by atoms with Crippen molar-refractivity contribution < 1.29 is 4.92 Å². The summed E-state index contributed by atoms with van der Waals surface area (Å²) >= 11 is 0. The number of nitrogens with zero attached hydrogens (tertiary/aromatic N) is 1. The van der Waals surface area contributed by atoms with Crippen LogP contribution >= 0.6 is 0 Å². The fraction of sp³-hybridized carbons (Fsp3) is 0. The van der Waals surface area contributed by atoms with Crippen molar-refractivity contribution in [3.05, 3.63) is 76.8 Å². The Bertz CT molecular complexity index is 770. The van der Waals surface area contributed by atoms with Gasteiger partial charge in [0.05, 0.1) is 10.3 Å². The van der Waals surface area contributed by atoms with Gasteiger partial charge in [-0.2, -0.15) is 0 Å². The SMILES string of the molecule is O=[N+]([O-])c1ccc(Nc2ccccc2)c2ccccc12. The van der Waals surface area contributed by atoms with Crippen LogP contribution in [0.2, 0.25) is 0 Å². The lowest BCUT2D eigenvalue weighted by molar-refractivity contribution is -0.383. The monoisotopic (exact) mass is 264 g/mol. The van der Waals surface area contributed by atoms with E-state index in [1.54, 1.807) is 12.1 Å². The zero-order chi connectivity index (χ0) is 13.9. The number of nitrogens with one attached hydrogen (secondary N) is 1. The van der Waals surface area contributed by atoms with E-state index in [-0.39, 0.29) is 10.6 Å². The minimum atomic E-state index is -0.353. The number of fused-ring (bicyclic) bond motifs is 1. The zero-order valence-electron chi connectivity index (χ0n) is 10.6. The van der Waals surface area contributed by atoms with Crippen LogP contribution in [0.25, 0.3) is 10.8 Å². The summed E-state index contributed by atoms with van der Waals surface area (Å²) in [6, 6.07) is 20.3. The number of hydrogen-bond acceptors (Lipinski definition) is 3. The van der Waals surface area contributed by atoms with Gasteiger partial charge in [-0.25, -0.2) is 0 Å². The maximum atomic E-state index is 11.1. The van der Waals surface area contributed by atoms with E-state index >= 15 is 0 Å². The highest BCUT2D eigenvalue weighted by molar-refractivity contribution is 6.00. The Hall–Kier alpha value is -2.88. The Morgan fingerprint density at radius 3 is 2.15 bits per heavy atom. The smallest absolute Gasteiger partial charge is 0.277 e. The number of benzene rings is 3. The van der Waals surface area contributed by atoms with Crippen LogP contribution in [0.1, 0.15) is 0 Å². The second-order valence-electron chi connectivity index (χ2n) is 4.43. The van der Waals surface area contributed by atoms with E-state index in [0.29, 0.717) is 5.39 Å². The molecule has 0 spiro atoms. The van der Waals surface area contributed by atoms with Crippen LogP contribution in [0.15, 0.2) is 66.7 Å². The maximum Gasteiger partial charge on any atom is 0.277 e. The van der Waals surface area contributed by atoms with Crippen molar-refractivity contribution >= 4 is 27.8 Å². The van der Waals surface area contributed by atoms with Gasteiger partial charge in [0.1, 0.15) is 0 Å². The first-order valence-electron chi connectivity index (χ1n) is 6.24. The third-order valence-electron chi connectivity index (χ3n) is 3.15. The van der Waals surface area contributed by atoms with Crippen molar-refractivity contribution in [2.45, 2.75) is 0 Å². The fourth-order valence-corrected chi connectivity index (χ4v) is 2.23. The van der Waals surface area contributed by atoms with E-state index < -0.39 is 0 Å². The lowest BCUT2D eigenvalue weighted by atomic mass is 10.1. The molecule has 0 aliphatic rings. The van der Waals surface area contributed by atoms with E-state index in [1.165, 1.54) is 6.07 Å². The molecule has 3 aromatic rings. The molecule has 20 heavy (non-hydrogen) atoms. The molecular formula is C16H12N2O2. The average molecular weight is 264 g/mol. The van der Waals surface area contributed by atoms with Gasteiger partial charge in [0.2, 0.25) is 0 Å². The fourth-order valence-electron chi connectivity index (χ4n) is 2.23. The van der Waals surface area contributed by atoms with E-state index in [2.05, 4.69) is 5.32 Å². The second-order valence-corrected chi connectivity index (χ2v) is 4.43. The highest BCUT2D eigenvalue weighted by atomic mass is 16.6. The van der Waals surface area contributed by atoms with Crippen LogP contribution in [0.5, 0.6) is 0 Å². The van der Waals surface area contributed by atoms with Crippen LogP contribution in [0.3, 0.4) is 0 Å². The van der Waals surface area contributed by atoms with Crippen molar-refractivity contribution in [3.8, 4) is 0 Å². The Balaban J connectivity index is 2.13. The summed E-state index contributed by atoms with van der Waals surface area (Å²) in [5, 5.41) is 15.8. The molecule has 0 atom stereocenters. The number of nitro benzene ring substituents is 1. The van der Waals surface area contributed by atoms with Crippen LogP contribution in [0, 0.1) is 10.1 Å². The Labute approximate surface area is 115 Å². The molecule has 0 amide bonds. The number of non-ortho nitro benzene ring substituents is 1. The molecule has 0 heterocycles. The first-order chi connectivity index (χ1) is 9.75. The van der Waals surface area contributed by atoms with Gasteiger partial charge in [0, 0.05) is 22.8 Å². The molecule has 0 bridgehead atoms. The molecule has 3 rings (SSSR count). The van der Waals surface area contributed by atoms with Crippen molar-refractivity contribution in [3.63, 3.8) is 0 Å². The van der Waals surface area contributed by atoms with Crippen molar-refractivity contribution in [1.29, 1.82) is 0 Å². The van der Waals surface area contributed by atoms with Crippen molar-refractivity contribution in [2.75, 3.05) is 5.32 Å². The van der Waals surface area contributed by atoms with Crippen LogP contribution in [0.4, 0.5) is 17.1 Å². The summed E-state index contributed by atoms with van der Waals surface area (Å²) in [6.45, 7) is 0. The number of nitro groups is 1. The lowest BCUT2D eigenvalue weighted by Gasteiger charge is -2.10. The first-order valence-corrected chi connectivity index (χ1v) is 6.24. The molecule has 4 nitrogen and oxygen atoms in total. The number of rotatable bonds is 3. The molecule has 1 N–H and O–H groups in total. The third kappa shape index (κ3) is 2.19. The number of anilines is 2. The van der Waals surface area contributed by atoms with Gasteiger partial charge < -0.3 is 5.32 Å². The van der Waals surface area contributed by atoms with Crippen LogP contribution in [-0.2, 0) is 0 Å². The van der Waals surface area contributed by atoms with E-state index in [9.17, 15) is 10.1 Å². The quantitative estimate of drug-likeness (QED) is 0.560. The molecule has 98 valence electrons. The molecule has 0 radical (unpaired) electrons. The standard InChI is InChI=1S/C16H12N2O2/c19-18(20)16-11-10-15(13-8-4-5-9-14(13)16)17-12-6-2-1-3-7-12/h1-11,17H. The molecule has 0 aromatic heterocycles. The lowest BCUT2D eigenvalue weighted by Crippen LogP contribution is -1.94. The summed E-state index contributed by atoms with van der Waals surface area (Å²) in [5.74, 6) is 0. The molecule has 0 aliphatic carbocycles. The molecule has 0 fully saturated rings. The largest absolute Gasteiger partial charge is 0.355 e. The maximum absolute atomic E-state index is 11.1. The average Bonchev–Trinajstić information content (AvgIpc) is 2.48. The van der Waals surface area contributed by atoms with Gasteiger partial charge in [0.15, 0.2) is 0 Å². The van der Waals surface area contributed by atoms with Crippen LogP contribution in [-0.4, -0.2) is 4.92 Å². The predicted molar refractivity (Wildman–Crippen MR) is 80.3 cm³/mol. The van der Waals surface area contributed by atoms with Crippen molar-refractivity contribution in [2.24, 2.45) is 0 Å². The number of hydrogen-bond donors (Lipinski definition) is 1. The topological polar surface area (TPSA) is 55.2 Å². The molecule has 0 aliphatic heterocycles. The molecule has 0 unspecified atom stereocenters. The molecule has 4 heteroatoms. The van der Waals surface area contributed by atoms with E-state index in [0.717, 1.165) is 16.8 Å². The molecular weight excluding hydrogens is 252 g/mol. The van der Waals surface area contributed by atoms with Crippen molar-refractivity contribution in [1.82, 2.24) is 0 Å². The molecule has 3 aromatic carbocycles. The summed E-state index contributed by atoms with van der Waals surface area (Å²) < 4.78 is 0. The summed E-state index contributed by atoms with van der Waals surface area (Å²) in [7, 11) is 0. The number of para-hydroxylation sites is 1. The first kappa shape index (κ1) is 12.2. The van der Waals surface area contributed by atoms with Gasteiger partial charge in [-0.05, 0) is 24.3 Å². The van der Waals surface area contributed by atoms with E-state index in [4.69, 9.17) is 0 Å². The minimum absolute atomic E-state index is 0.124. The highest BCUT2D eigenvalue weighted by Crippen LogP contribution is 2.32. The van der Waals surface area contributed by atoms with Gasteiger partial charge in [-0.15, -0.1) is 0 Å². The Kier molecular flexibility index (Phi) is 3.05. The summed E-state index contributed by atoms with van der Waals surface area (Å²) in [5.41, 5.74) is 1.93. The minimum Gasteiger partial charge on any atom is -0.355 e. The van der Waals surface area contributed by atoms with Gasteiger partial charge in [-0.3, -0.25) is 10.1 Å². The zero-order valence-corrected chi connectivity index (χ0v) is 10.6. The van der Waals surface area contributed by atoms with E-state index in [1.807, 2.05) is 48.5 Å². The summed E-state index contributed by atoms with van der Waals surface area (Å²) in [4.78, 5) is 10.7. The normalized spacial score (nSPS) is 10.4. The predicted octanol–water partition coefficient (Wildman–Crippen LogP) is 4.49. The third-order valence-corrected chi connectivity index (χ3v) is 3.15. The van der Waals surface area contributed by atoms with Gasteiger partial charge >= 0.3 is 0 Å². The van der Waals surface area contributed by atoms with Crippen LogP contribution < -0.4 is 5.32 Å². The Morgan fingerprint density at radius 1 is 0.800 bits per heavy atom.